The molecule has 1 nitrogen and oxygen atoms in total. The Hall–Kier alpha value is -0.580. The Kier molecular flexibility index (Phi) is 2.27. The Morgan fingerprint density at radius 2 is 2.23 bits per heavy atom. The maximum absolute atomic E-state index is 13.7. The normalized spacial score (nSPS) is 11.0. The number of aromatic amines is 1. The van der Waals surface area contributed by atoms with E-state index in [1.807, 2.05) is 41.8 Å². The monoisotopic (exact) mass is 289 g/mol. The van der Waals surface area contributed by atoms with E-state index in [-0.39, 0.29) is 5.82 Å². The molecule has 1 heterocycles. The van der Waals surface area contributed by atoms with Crippen molar-refractivity contribution in [2.24, 2.45) is 0 Å². The van der Waals surface area contributed by atoms with Gasteiger partial charge in [-0.1, -0.05) is 6.92 Å². The van der Waals surface area contributed by atoms with E-state index in [0.29, 0.717) is 3.57 Å². The highest BCUT2D eigenvalue weighted by Crippen LogP contribution is 2.25. The van der Waals surface area contributed by atoms with Crippen molar-refractivity contribution in [2.75, 3.05) is 0 Å². The fraction of sp³-hybridized carbons (Fsp3) is 0.200. The molecule has 2 rings (SSSR count). The molecule has 0 aliphatic rings. The summed E-state index contributed by atoms with van der Waals surface area (Å²) in [4.78, 5) is 3.06. The van der Waals surface area contributed by atoms with Gasteiger partial charge in [0.2, 0.25) is 0 Å². The van der Waals surface area contributed by atoms with Gasteiger partial charge in [0.05, 0.1) is 0 Å². The van der Waals surface area contributed by atoms with E-state index in [1.54, 1.807) is 6.07 Å². The molecule has 0 radical (unpaired) electrons. The van der Waals surface area contributed by atoms with E-state index in [9.17, 15) is 4.39 Å². The second-order valence-corrected chi connectivity index (χ2v) is 4.11. The molecule has 1 aromatic carbocycles. The number of rotatable bonds is 1. The molecule has 68 valence electrons. The van der Waals surface area contributed by atoms with E-state index in [2.05, 4.69) is 4.98 Å². The summed E-state index contributed by atoms with van der Waals surface area (Å²) in [5.74, 6) is -0.101. The van der Waals surface area contributed by atoms with Gasteiger partial charge in [-0.05, 0) is 46.7 Å². The van der Waals surface area contributed by atoms with Crippen LogP contribution in [0.3, 0.4) is 0 Å². The largest absolute Gasteiger partial charge is 0.361 e. The van der Waals surface area contributed by atoms with Crippen molar-refractivity contribution in [3.63, 3.8) is 0 Å². The van der Waals surface area contributed by atoms with Crippen LogP contribution in [0.4, 0.5) is 4.39 Å². The van der Waals surface area contributed by atoms with Crippen LogP contribution in [0.5, 0.6) is 0 Å². The molecule has 0 bridgehead atoms. The highest BCUT2D eigenvalue weighted by atomic mass is 127. The van der Waals surface area contributed by atoms with Crippen LogP contribution in [-0.4, -0.2) is 4.98 Å². The summed E-state index contributed by atoms with van der Waals surface area (Å²) < 4.78 is 14.3. The third kappa shape index (κ3) is 1.35. The van der Waals surface area contributed by atoms with E-state index < -0.39 is 0 Å². The van der Waals surface area contributed by atoms with Crippen LogP contribution >= 0.6 is 22.6 Å². The molecule has 3 heteroatoms. The number of halogens is 2. The molecule has 0 unspecified atom stereocenters. The van der Waals surface area contributed by atoms with Gasteiger partial charge in [-0.2, -0.15) is 0 Å². The van der Waals surface area contributed by atoms with Gasteiger partial charge in [-0.25, -0.2) is 4.39 Å². The zero-order valence-corrected chi connectivity index (χ0v) is 9.35. The van der Waals surface area contributed by atoms with E-state index in [0.717, 1.165) is 22.9 Å². The lowest BCUT2D eigenvalue weighted by Crippen LogP contribution is -1.85. The minimum absolute atomic E-state index is 0.101. The first-order chi connectivity index (χ1) is 6.24. The summed E-state index contributed by atoms with van der Waals surface area (Å²) in [5, 5.41) is 0.745. The van der Waals surface area contributed by atoms with Crippen molar-refractivity contribution >= 4 is 33.5 Å². The predicted octanol–water partition coefficient (Wildman–Crippen LogP) is 3.47. The molecular formula is C10H9FIN. The van der Waals surface area contributed by atoms with Crippen molar-refractivity contribution in [1.29, 1.82) is 0 Å². The van der Waals surface area contributed by atoms with E-state index >= 15 is 0 Å². The molecule has 0 aliphatic heterocycles. The van der Waals surface area contributed by atoms with Crippen LogP contribution in [-0.2, 0) is 6.42 Å². The predicted molar refractivity (Wildman–Crippen MR) is 60.4 cm³/mol. The van der Waals surface area contributed by atoms with Gasteiger partial charge >= 0.3 is 0 Å². The van der Waals surface area contributed by atoms with Crippen LogP contribution in [0, 0.1) is 9.39 Å². The molecular weight excluding hydrogens is 280 g/mol. The lowest BCUT2D eigenvalue weighted by molar-refractivity contribution is 0.632. The number of fused-ring (bicyclic) bond motifs is 1. The highest BCUT2D eigenvalue weighted by molar-refractivity contribution is 14.1. The van der Waals surface area contributed by atoms with Crippen molar-refractivity contribution in [3.05, 3.63) is 33.3 Å². The molecule has 0 spiro atoms. The number of nitrogens with one attached hydrogen (secondary N) is 1. The molecule has 0 aliphatic carbocycles. The molecule has 0 saturated carbocycles. The number of hydrogen-bond acceptors (Lipinski definition) is 0. The number of aromatic nitrogens is 1. The minimum atomic E-state index is -0.101. The molecule has 1 aromatic heterocycles. The molecule has 0 saturated heterocycles. The molecule has 0 atom stereocenters. The van der Waals surface area contributed by atoms with Gasteiger partial charge in [-0.3, -0.25) is 0 Å². The van der Waals surface area contributed by atoms with Crippen molar-refractivity contribution < 1.29 is 4.39 Å². The Morgan fingerprint density at radius 1 is 1.46 bits per heavy atom. The maximum Gasteiger partial charge on any atom is 0.146 e. The zero-order chi connectivity index (χ0) is 9.42. The Morgan fingerprint density at radius 3 is 2.92 bits per heavy atom. The quantitative estimate of drug-likeness (QED) is 0.774. The minimum Gasteiger partial charge on any atom is -0.361 e. The lowest BCUT2D eigenvalue weighted by Gasteiger charge is -1.98. The van der Waals surface area contributed by atoms with Gasteiger partial charge in [0, 0.05) is 20.7 Å². The second kappa shape index (κ2) is 3.29. The van der Waals surface area contributed by atoms with Gasteiger partial charge in [0.25, 0.3) is 0 Å². The summed E-state index contributed by atoms with van der Waals surface area (Å²) in [6, 6.07) is 3.70. The molecule has 1 N–H and O–H groups in total. The average Bonchev–Trinajstić information content (AvgIpc) is 2.55. The first kappa shape index (κ1) is 8.99. The van der Waals surface area contributed by atoms with Crippen LogP contribution in [0.15, 0.2) is 18.3 Å². The van der Waals surface area contributed by atoms with Crippen LogP contribution in [0.1, 0.15) is 12.5 Å². The van der Waals surface area contributed by atoms with E-state index in [1.165, 1.54) is 0 Å². The average molecular weight is 289 g/mol. The number of hydrogen-bond donors (Lipinski definition) is 1. The second-order valence-electron chi connectivity index (χ2n) is 2.95. The van der Waals surface area contributed by atoms with Gasteiger partial charge in [0.1, 0.15) is 5.82 Å². The fourth-order valence-corrected chi connectivity index (χ4v) is 1.95. The highest BCUT2D eigenvalue weighted by Gasteiger charge is 2.09. The number of benzene rings is 1. The first-order valence-corrected chi connectivity index (χ1v) is 5.26. The smallest absolute Gasteiger partial charge is 0.146 e. The molecule has 0 fully saturated rings. The Labute approximate surface area is 89.5 Å². The molecule has 13 heavy (non-hydrogen) atoms. The summed E-state index contributed by atoms with van der Waals surface area (Å²) in [5.41, 5.74) is 1.93. The van der Waals surface area contributed by atoms with Gasteiger partial charge < -0.3 is 4.98 Å². The SMILES string of the molecule is CCc1c[nH]c2ccc(I)c(F)c12. The van der Waals surface area contributed by atoms with Crippen molar-refractivity contribution in [3.8, 4) is 0 Å². The van der Waals surface area contributed by atoms with Crippen molar-refractivity contribution in [2.45, 2.75) is 13.3 Å². The summed E-state index contributed by atoms with van der Waals surface area (Å²) in [7, 11) is 0. The topological polar surface area (TPSA) is 15.8 Å². The summed E-state index contributed by atoms with van der Waals surface area (Å²) in [6.45, 7) is 2.03. The molecule has 2 aromatic rings. The maximum atomic E-state index is 13.7. The summed E-state index contributed by atoms with van der Waals surface area (Å²) in [6.07, 6.45) is 2.74. The standard InChI is InChI=1S/C10H9FIN/c1-2-6-5-13-8-4-3-7(12)10(11)9(6)8/h3-5,13H,2H2,1H3. The van der Waals surface area contributed by atoms with Gasteiger partial charge in [-0.15, -0.1) is 0 Å². The number of aryl methyl sites for hydroxylation is 1. The molecule has 0 amide bonds. The fourth-order valence-electron chi connectivity index (χ4n) is 1.50. The van der Waals surface area contributed by atoms with Crippen molar-refractivity contribution in [1.82, 2.24) is 4.98 Å². The summed E-state index contributed by atoms with van der Waals surface area (Å²) >= 11 is 2.01. The van der Waals surface area contributed by atoms with Crippen LogP contribution in [0.2, 0.25) is 0 Å². The zero-order valence-electron chi connectivity index (χ0n) is 7.20. The van der Waals surface area contributed by atoms with Crippen LogP contribution in [0.25, 0.3) is 10.9 Å². The Balaban J connectivity index is 2.85. The number of H-pyrrole nitrogens is 1. The lowest BCUT2D eigenvalue weighted by atomic mass is 10.1. The van der Waals surface area contributed by atoms with Crippen LogP contribution < -0.4 is 0 Å². The van der Waals surface area contributed by atoms with E-state index in [4.69, 9.17) is 0 Å². The first-order valence-electron chi connectivity index (χ1n) is 4.18. The third-order valence-corrected chi connectivity index (χ3v) is 3.03. The third-order valence-electron chi connectivity index (χ3n) is 2.20. The Bertz CT molecular complexity index is 447. The van der Waals surface area contributed by atoms with Gasteiger partial charge in [0.15, 0.2) is 0 Å².